The molecule has 0 spiro atoms. The van der Waals surface area contributed by atoms with Crippen molar-refractivity contribution in [1.29, 1.82) is 5.26 Å². The first kappa shape index (κ1) is 13.7. The van der Waals surface area contributed by atoms with E-state index in [1.165, 1.54) is 12.0 Å². The van der Waals surface area contributed by atoms with E-state index in [1.807, 2.05) is 0 Å². The number of aryl methyl sites for hydroxylation is 1. The molecule has 0 amide bonds. The highest BCUT2D eigenvalue weighted by Crippen LogP contribution is 2.04. The zero-order chi connectivity index (χ0) is 12.3. The van der Waals surface area contributed by atoms with Crippen LogP contribution in [0.1, 0.15) is 38.2 Å². The summed E-state index contributed by atoms with van der Waals surface area (Å²) in [5, 5.41) is 11.9. The van der Waals surface area contributed by atoms with E-state index in [0.717, 1.165) is 25.8 Å². The second-order valence-corrected chi connectivity index (χ2v) is 4.49. The minimum Gasteiger partial charge on any atom is -0.314 e. The van der Waals surface area contributed by atoms with Crippen molar-refractivity contribution in [2.24, 2.45) is 0 Å². The largest absolute Gasteiger partial charge is 0.314 e. The second kappa shape index (κ2) is 8.78. The Kier molecular flexibility index (Phi) is 7.09. The molecule has 1 aromatic rings. The van der Waals surface area contributed by atoms with E-state index >= 15 is 0 Å². The van der Waals surface area contributed by atoms with Gasteiger partial charge < -0.3 is 5.32 Å². The molecule has 1 unspecified atom stereocenters. The van der Waals surface area contributed by atoms with Crippen LogP contribution in [0, 0.1) is 11.3 Å². The van der Waals surface area contributed by atoms with Crippen LogP contribution in [0.15, 0.2) is 30.3 Å². The Labute approximate surface area is 105 Å². The Morgan fingerprint density at radius 2 is 2.00 bits per heavy atom. The maximum Gasteiger partial charge on any atom is 0.0621 e. The quantitative estimate of drug-likeness (QED) is 0.696. The number of nitriles is 1. The van der Waals surface area contributed by atoms with Crippen molar-refractivity contribution in [1.82, 2.24) is 5.32 Å². The van der Waals surface area contributed by atoms with Crippen LogP contribution in [0.25, 0.3) is 0 Å². The van der Waals surface area contributed by atoms with E-state index in [-0.39, 0.29) is 0 Å². The molecule has 0 saturated heterocycles. The molecular formula is C15H22N2. The Bertz CT molecular complexity index is 327. The highest BCUT2D eigenvalue weighted by molar-refractivity contribution is 5.14. The van der Waals surface area contributed by atoms with E-state index in [2.05, 4.69) is 48.6 Å². The zero-order valence-corrected chi connectivity index (χ0v) is 10.7. The summed E-state index contributed by atoms with van der Waals surface area (Å²) in [6.45, 7) is 3.25. The Hall–Kier alpha value is -1.33. The van der Waals surface area contributed by atoms with Gasteiger partial charge in [-0.3, -0.25) is 0 Å². The van der Waals surface area contributed by atoms with Gasteiger partial charge in [0.05, 0.1) is 6.07 Å². The lowest BCUT2D eigenvalue weighted by atomic mass is 10.1. The molecular weight excluding hydrogens is 208 g/mol. The monoisotopic (exact) mass is 230 g/mol. The van der Waals surface area contributed by atoms with Crippen LogP contribution in [0.4, 0.5) is 0 Å². The fourth-order valence-electron chi connectivity index (χ4n) is 1.81. The fraction of sp³-hybridized carbons (Fsp3) is 0.533. The van der Waals surface area contributed by atoms with Crippen LogP contribution in [0.2, 0.25) is 0 Å². The van der Waals surface area contributed by atoms with Crippen LogP contribution in [0.5, 0.6) is 0 Å². The molecule has 1 atom stereocenters. The summed E-state index contributed by atoms with van der Waals surface area (Å²) in [4.78, 5) is 0. The van der Waals surface area contributed by atoms with Gasteiger partial charge in [-0.1, -0.05) is 30.3 Å². The van der Waals surface area contributed by atoms with Crippen molar-refractivity contribution in [3.05, 3.63) is 35.9 Å². The SMILES string of the molecule is CC(CCc1ccccc1)NCCCCC#N. The zero-order valence-electron chi connectivity index (χ0n) is 10.7. The molecule has 0 heterocycles. The first-order valence-electron chi connectivity index (χ1n) is 6.47. The molecule has 0 fully saturated rings. The lowest BCUT2D eigenvalue weighted by molar-refractivity contribution is 0.501. The van der Waals surface area contributed by atoms with Crippen LogP contribution >= 0.6 is 0 Å². The molecule has 0 saturated carbocycles. The van der Waals surface area contributed by atoms with E-state index in [4.69, 9.17) is 5.26 Å². The smallest absolute Gasteiger partial charge is 0.0621 e. The summed E-state index contributed by atoms with van der Waals surface area (Å²) in [6.07, 6.45) is 5.09. The second-order valence-electron chi connectivity index (χ2n) is 4.49. The predicted octanol–water partition coefficient (Wildman–Crippen LogP) is 3.29. The number of nitrogens with one attached hydrogen (secondary N) is 1. The van der Waals surface area contributed by atoms with Gasteiger partial charge in [0.1, 0.15) is 0 Å². The summed E-state index contributed by atoms with van der Waals surface area (Å²) in [6, 6.07) is 13.3. The molecule has 1 rings (SSSR count). The number of nitrogens with zero attached hydrogens (tertiary/aromatic N) is 1. The number of hydrogen-bond acceptors (Lipinski definition) is 2. The third-order valence-corrected chi connectivity index (χ3v) is 2.92. The molecule has 0 aliphatic rings. The molecule has 0 aliphatic heterocycles. The minimum atomic E-state index is 0.553. The van der Waals surface area contributed by atoms with Gasteiger partial charge in [-0.05, 0) is 44.7 Å². The number of unbranched alkanes of at least 4 members (excludes halogenated alkanes) is 2. The van der Waals surface area contributed by atoms with E-state index in [0.29, 0.717) is 12.5 Å². The molecule has 1 N–H and O–H groups in total. The van der Waals surface area contributed by atoms with E-state index < -0.39 is 0 Å². The Morgan fingerprint density at radius 1 is 1.24 bits per heavy atom. The van der Waals surface area contributed by atoms with E-state index in [1.54, 1.807) is 0 Å². The van der Waals surface area contributed by atoms with Crippen molar-refractivity contribution >= 4 is 0 Å². The van der Waals surface area contributed by atoms with Gasteiger partial charge in [-0.2, -0.15) is 5.26 Å². The molecule has 0 radical (unpaired) electrons. The maximum absolute atomic E-state index is 8.41. The van der Waals surface area contributed by atoms with Gasteiger partial charge in [0, 0.05) is 12.5 Å². The van der Waals surface area contributed by atoms with Crippen LogP contribution in [-0.4, -0.2) is 12.6 Å². The van der Waals surface area contributed by atoms with E-state index in [9.17, 15) is 0 Å². The summed E-state index contributed by atoms with van der Waals surface area (Å²) < 4.78 is 0. The lowest BCUT2D eigenvalue weighted by Crippen LogP contribution is -2.27. The topological polar surface area (TPSA) is 35.8 Å². The van der Waals surface area contributed by atoms with Crippen molar-refractivity contribution in [3.63, 3.8) is 0 Å². The van der Waals surface area contributed by atoms with Gasteiger partial charge in [0.15, 0.2) is 0 Å². The van der Waals surface area contributed by atoms with Crippen LogP contribution in [0.3, 0.4) is 0 Å². The van der Waals surface area contributed by atoms with Crippen molar-refractivity contribution in [2.75, 3.05) is 6.54 Å². The fourth-order valence-corrected chi connectivity index (χ4v) is 1.81. The molecule has 0 bridgehead atoms. The van der Waals surface area contributed by atoms with Crippen LogP contribution < -0.4 is 5.32 Å². The van der Waals surface area contributed by atoms with Gasteiger partial charge >= 0.3 is 0 Å². The van der Waals surface area contributed by atoms with Gasteiger partial charge in [0.2, 0.25) is 0 Å². The molecule has 92 valence electrons. The molecule has 2 nitrogen and oxygen atoms in total. The number of benzene rings is 1. The summed E-state index contributed by atoms with van der Waals surface area (Å²) >= 11 is 0. The van der Waals surface area contributed by atoms with Crippen LogP contribution in [-0.2, 0) is 6.42 Å². The standard InChI is InChI=1S/C15H22N2/c1-14(17-13-7-3-6-12-16)10-11-15-8-4-2-5-9-15/h2,4-5,8-9,14,17H,3,6-7,10-11,13H2,1H3. The highest BCUT2D eigenvalue weighted by atomic mass is 14.9. The highest BCUT2D eigenvalue weighted by Gasteiger charge is 2.01. The molecule has 0 aromatic heterocycles. The third-order valence-electron chi connectivity index (χ3n) is 2.92. The summed E-state index contributed by atoms with van der Waals surface area (Å²) in [5.41, 5.74) is 1.41. The summed E-state index contributed by atoms with van der Waals surface area (Å²) in [7, 11) is 0. The third kappa shape index (κ3) is 6.76. The van der Waals surface area contributed by atoms with Gasteiger partial charge in [-0.15, -0.1) is 0 Å². The minimum absolute atomic E-state index is 0.553. The maximum atomic E-state index is 8.41. The van der Waals surface area contributed by atoms with Gasteiger partial charge in [-0.25, -0.2) is 0 Å². The molecule has 1 aromatic carbocycles. The Morgan fingerprint density at radius 3 is 2.71 bits per heavy atom. The first-order valence-corrected chi connectivity index (χ1v) is 6.47. The average molecular weight is 230 g/mol. The normalized spacial score (nSPS) is 12.0. The summed E-state index contributed by atoms with van der Waals surface area (Å²) in [5.74, 6) is 0. The molecule has 2 heteroatoms. The van der Waals surface area contributed by atoms with Crippen molar-refractivity contribution in [2.45, 2.75) is 45.1 Å². The predicted molar refractivity (Wildman–Crippen MR) is 71.7 cm³/mol. The van der Waals surface area contributed by atoms with Crippen molar-refractivity contribution < 1.29 is 0 Å². The lowest BCUT2D eigenvalue weighted by Gasteiger charge is -2.13. The first-order chi connectivity index (χ1) is 8.33. The molecule has 0 aliphatic carbocycles. The average Bonchev–Trinajstić information content (AvgIpc) is 2.37. The number of hydrogen-bond donors (Lipinski definition) is 1. The van der Waals surface area contributed by atoms with Gasteiger partial charge in [0.25, 0.3) is 0 Å². The van der Waals surface area contributed by atoms with Crippen molar-refractivity contribution in [3.8, 4) is 6.07 Å². The number of rotatable bonds is 8. The molecule has 17 heavy (non-hydrogen) atoms. The Balaban J connectivity index is 2.05.